The Morgan fingerprint density at radius 3 is 2.18 bits per heavy atom. The molecule has 0 saturated carbocycles. The van der Waals surface area contributed by atoms with Gasteiger partial charge < -0.3 is 5.73 Å². The van der Waals surface area contributed by atoms with E-state index < -0.39 is 5.54 Å². The average Bonchev–Trinajstić information content (AvgIpc) is 2.30. The predicted octanol–water partition coefficient (Wildman–Crippen LogP) is 3.98. The lowest BCUT2D eigenvalue weighted by Crippen LogP contribution is -2.34. The SMILES string of the molecule is Cc1ccc(C(C)(N)c2ccccc2Br)cc1. The number of benzene rings is 2. The lowest BCUT2D eigenvalue weighted by Gasteiger charge is -2.27. The van der Waals surface area contributed by atoms with E-state index in [-0.39, 0.29) is 0 Å². The number of hydrogen-bond acceptors (Lipinski definition) is 1. The minimum absolute atomic E-state index is 0.478. The Hall–Kier alpha value is -1.12. The van der Waals surface area contributed by atoms with E-state index in [0.717, 1.165) is 15.6 Å². The summed E-state index contributed by atoms with van der Waals surface area (Å²) < 4.78 is 1.05. The largest absolute Gasteiger partial charge is 0.318 e. The molecule has 2 rings (SSSR count). The molecule has 0 amide bonds. The van der Waals surface area contributed by atoms with E-state index >= 15 is 0 Å². The van der Waals surface area contributed by atoms with Crippen molar-refractivity contribution in [2.45, 2.75) is 19.4 Å². The van der Waals surface area contributed by atoms with E-state index in [1.54, 1.807) is 0 Å². The van der Waals surface area contributed by atoms with Crippen molar-refractivity contribution in [3.8, 4) is 0 Å². The highest BCUT2D eigenvalue weighted by Gasteiger charge is 2.25. The summed E-state index contributed by atoms with van der Waals surface area (Å²) in [4.78, 5) is 0. The van der Waals surface area contributed by atoms with Crippen molar-refractivity contribution in [3.63, 3.8) is 0 Å². The van der Waals surface area contributed by atoms with Crippen molar-refractivity contribution in [3.05, 3.63) is 69.7 Å². The first-order valence-electron chi connectivity index (χ1n) is 5.63. The van der Waals surface area contributed by atoms with Gasteiger partial charge in [0.2, 0.25) is 0 Å². The molecule has 0 saturated heterocycles. The number of halogens is 1. The van der Waals surface area contributed by atoms with Crippen LogP contribution in [0.25, 0.3) is 0 Å². The molecule has 0 spiro atoms. The third-order valence-electron chi connectivity index (χ3n) is 3.08. The van der Waals surface area contributed by atoms with Gasteiger partial charge in [0.1, 0.15) is 0 Å². The molecule has 2 aromatic rings. The van der Waals surface area contributed by atoms with Crippen molar-refractivity contribution >= 4 is 15.9 Å². The fourth-order valence-electron chi connectivity index (χ4n) is 1.94. The normalized spacial score (nSPS) is 14.4. The minimum Gasteiger partial charge on any atom is -0.318 e. The molecule has 17 heavy (non-hydrogen) atoms. The molecule has 0 heterocycles. The summed E-state index contributed by atoms with van der Waals surface area (Å²) >= 11 is 3.56. The number of nitrogens with two attached hydrogens (primary N) is 1. The Balaban J connectivity index is 2.49. The lowest BCUT2D eigenvalue weighted by molar-refractivity contribution is 0.600. The van der Waals surface area contributed by atoms with Crippen LogP contribution in [-0.2, 0) is 5.54 Å². The van der Waals surface area contributed by atoms with Crippen molar-refractivity contribution in [1.29, 1.82) is 0 Å². The molecule has 88 valence electrons. The second-order valence-corrected chi connectivity index (χ2v) is 5.40. The van der Waals surface area contributed by atoms with Crippen LogP contribution >= 0.6 is 15.9 Å². The van der Waals surface area contributed by atoms with E-state index in [9.17, 15) is 0 Å². The molecule has 0 aliphatic heterocycles. The molecule has 0 aromatic heterocycles. The first kappa shape index (κ1) is 12.3. The predicted molar refractivity (Wildman–Crippen MR) is 76.0 cm³/mol. The molecule has 2 aromatic carbocycles. The fraction of sp³-hybridized carbons (Fsp3) is 0.200. The summed E-state index contributed by atoms with van der Waals surface area (Å²) in [6.07, 6.45) is 0. The molecule has 0 radical (unpaired) electrons. The number of aryl methyl sites for hydroxylation is 1. The van der Waals surface area contributed by atoms with Crippen molar-refractivity contribution in [1.82, 2.24) is 0 Å². The van der Waals surface area contributed by atoms with Gasteiger partial charge in [0.25, 0.3) is 0 Å². The highest BCUT2D eigenvalue weighted by Crippen LogP contribution is 2.31. The summed E-state index contributed by atoms with van der Waals surface area (Å²) in [6, 6.07) is 16.5. The maximum atomic E-state index is 6.48. The number of hydrogen-bond donors (Lipinski definition) is 1. The fourth-order valence-corrected chi connectivity index (χ4v) is 2.63. The van der Waals surface area contributed by atoms with Gasteiger partial charge in [-0.05, 0) is 31.0 Å². The molecule has 1 nitrogen and oxygen atoms in total. The average molecular weight is 290 g/mol. The standard InChI is InChI=1S/C15H16BrN/c1-11-7-9-12(10-8-11)15(2,17)13-5-3-4-6-14(13)16/h3-10H,17H2,1-2H3. The van der Waals surface area contributed by atoms with Gasteiger partial charge in [-0.3, -0.25) is 0 Å². The molecule has 2 heteroatoms. The van der Waals surface area contributed by atoms with Gasteiger partial charge in [-0.1, -0.05) is 64.0 Å². The first-order chi connectivity index (χ1) is 8.01. The van der Waals surface area contributed by atoms with E-state index in [4.69, 9.17) is 5.73 Å². The molecular weight excluding hydrogens is 274 g/mol. The highest BCUT2D eigenvalue weighted by molar-refractivity contribution is 9.10. The third-order valence-corrected chi connectivity index (χ3v) is 3.78. The Bertz CT molecular complexity index is 515. The lowest BCUT2D eigenvalue weighted by atomic mass is 9.85. The molecule has 1 atom stereocenters. The van der Waals surface area contributed by atoms with Gasteiger partial charge >= 0.3 is 0 Å². The van der Waals surface area contributed by atoms with E-state index in [1.807, 2.05) is 25.1 Å². The molecule has 0 bridgehead atoms. The van der Waals surface area contributed by atoms with Crippen LogP contribution in [0.1, 0.15) is 23.6 Å². The van der Waals surface area contributed by atoms with Crippen molar-refractivity contribution < 1.29 is 0 Å². The maximum Gasteiger partial charge on any atom is 0.0647 e. The van der Waals surface area contributed by atoms with Gasteiger partial charge in [-0.2, -0.15) is 0 Å². The molecule has 1 unspecified atom stereocenters. The van der Waals surface area contributed by atoms with Crippen molar-refractivity contribution in [2.24, 2.45) is 5.73 Å². The van der Waals surface area contributed by atoms with Gasteiger partial charge in [-0.25, -0.2) is 0 Å². The zero-order chi connectivity index (χ0) is 12.5. The van der Waals surface area contributed by atoms with Gasteiger partial charge in [0.15, 0.2) is 0 Å². The quantitative estimate of drug-likeness (QED) is 0.889. The van der Waals surface area contributed by atoms with Gasteiger partial charge in [-0.15, -0.1) is 0 Å². The Kier molecular flexibility index (Phi) is 3.36. The summed E-state index contributed by atoms with van der Waals surface area (Å²) in [5, 5.41) is 0. The van der Waals surface area contributed by atoms with Gasteiger partial charge in [0, 0.05) is 4.47 Å². The molecular formula is C15H16BrN. The van der Waals surface area contributed by atoms with Crippen LogP contribution in [-0.4, -0.2) is 0 Å². The topological polar surface area (TPSA) is 26.0 Å². The smallest absolute Gasteiger partial charge is 0.0647 e. The molecule has 0 aliphatic carbocycles. The number of rotatable bonds is 2. The molecule has 2 N–H and O–H groups in total. The summed E-state index contributed by atoms with van der Waals surface area (Å²) in [6.45, 7) is 4.12. The van der Waals surface area contributed by atoms with E-state index in [0.29, 0.717) is 0 Å². The zero-order valence-electron chi connectivity index (χ0n) is 10.1. The van der Waals surface area contributed by atoms with E-state index in [1.165, 1.54) is 5.56 Å². The van der Waals surface area contributed by atoms with Gasteiger partial charge in [0.05, 0.1) is 5.54 Å². The Morgan fingerprint density at radius 2 is 1.59 bits per heavy atom. The second kappa shape index (κ2) is 4.63. The van der Waals surface area contributed by atoms with Crippen LogP contribution in [0.4, 0.5) is 0 Å². The highest BCUT2D eigenvalue weighted by atomic mass is 79.9. The summed E-state index contributed by atoms with van der Waals surface area (Å²) in [7, 11) is 0. The summed E-state index contributed by atoms with van der Waals surface area (Å²) in [5.74, 6) is 0. The maximum absolute atomic E-state index is 6.48. The monoisotopic (exact) mass is 289 g/mol. The third kappa shape index (κ3) is 2.43. The second-order valence-electron chi connectivity index (χ2n) is 4.55. The molecule has 0 aliphatic rings. The Labute approximate surface area is 111 Å². The first-order valence-corrected chi connectivity index (χ1v) is 6.42. The van der Waals surface area contributed by atoms with Crippen LogP contribution in [0.5, 0.6) is 0 Å². The Morgan fingerprint density at radius 1 is 1.00 bits per heavy atom. The molecule has 0 fully saturated rings. The zero-order valence-corrected chi connectivity index (χ0v) is 11.7. The van der Waals surface area contributed by atoms with Crippen LogP contribution in [0.15, 0.2) is 53.0 Å². The van der Waals surface area contributed by atoms with Crippen LogP contribution < -0.4 is 5.73 Å². The minimum atomic E-state index is -0.478. The van der Waals surface area contributed by atoms with Crippen LogP contribution in [0.2, 0.25) is 0 Å². The van der Waals surface area contributed by atoms with E-state index in [2.05, 4.69) is 53.2 Å². The van der Waals surface area contributed by atoms with Crippen molar-refractivity contribution in [2.75, 3.05) is 0 Å². The van der Waals surface area contributed by atoms with Crippen LogP contribution in [0.3, 0.4) is 0 Å². The van der Waals surface area contributed by atoms with Crippen LogP contribution in [0, 0.1) is 6.92 Å². The summed E-state index contributed by atoms with van der Waals surface area (Å²) in [5.41, 5.74) is 9.47.